The average Bonchev–Trinajstić information content (AvgIpc) is 2.54. The Labute approximate surface area is 133 Å². The van der Waals surface area contributed by atoms with E-state index in [1.54, 1.807) is 19.2 Å². The van der Waals surface area contributed by atoms with Crippen LogP contribution in [0.2, 0.25) is 0 Å². The van der Waals surface area contributed by atoms with Gasteiger partial charge in [0.2, 0.25) is 5.43 Å². The summed E-state index contributed by atoms with van der Waals surface area (Å²) in [5.74, 6) is 1.08. The number of aromatic nitrogens is 1. The highest BCUT2D eigenvalue weighted by Crippen LogP contribution is 2.31. The predicted molar refractivity (Wildman–Crippen MR) is 90.4 cm³/mol. The molecule has 0 radical (unpaired) electrons. The molecule has 0 spiro atoms. The first-order valence-electron chi connectivity index (χ1n) is 6.72. The van der Waals surface area contributed by atoms with Crippen LogP contribution in [0.1, 0.15) is 0 Å². The fourth-order valence-electron chi connectivity index (χ4n) is 2.50. The van der Waals surface area contributed by atoms with Crippen LogP contribution in [0, 0.1) is 0 Å². The Morgan fingerprint density at radius 1 is 1.05 bits per heavy atom. The van der Waals surface area contributed by atoms with Crippen LogP contribution in [0.5, 0.6) is 11.5 Å². The minimum absolute atomic E-state index is 0.121. The third-order valence-corrected chi connectivity index (χ3v) is 3.87. The summed E-state index contributed by atoms with van der Waals surface area (Å²) in [6, 6.07) is 12.9. The summed E-state index contributed by atoms with van der Waals surface area (Å²) in [5, 5.41) is 0.999. The predicted octanol–water partition coefficient (Wildman–Crippen LogP) is 3.50. The monoisotopic (exact) mass is 313 g/mol. The quantitative estimate of drug-likeness (QED) is 0.728. The molecule has 0 aliphatic carbocycles. The lowest BCUT2D eigenvalue weighted by molar-refractivity contribution is 0.397. The molecule has 0 aliphatic rings. The maximum Gasteiger partial charge on any atom is 0.202 e. The molecular formula is C17H15NO3S. The lowest BCUT2D eigenvalue weighted by Crippen LogP contribution is -2.10. The molecule has 0 amide bonds. The number of benzene rings is 2. The zero-order chi connectivity index (χ0) is 15.7. The number of aromatic amines is 1. The molecule has 0 saturated heterocycles. The molecule has 4 nitrogen and oxygen atoms in total. The Balaban J connectivity index is 2.40. The van der Waals surface area contributed by atoms with Crippen molar-refractivity contribution in [1.82, 2.24) is 4.98 Å². The number of thiol groups is 1. The Morgan fingerprint density at radius 2 is 1.77 bits per heavy atom. The SMILES string of the molecule is COc1cc(OC)c2c(=O)c(-c3ccccc3)c(S)[nH]c2c1. The molecule has 3 aromatic rings. The molecule has 0 atom stereocenters. The van der Waals surface area contributed by atoms with E-state index in [0.717, 1.165) is 5.56 Å². The third-order valence-electron chi connectivity index (χ3n) is 3.54. The van der Waals surface area contributed by atoms with Crippen LogP contribution in [0.25, 0.3) is 22.0 Å². The average molecular weight is 313 g/mol. The smallest absolute Gasteiger partial charge is 0.202 e. The Hall–Kier alpha value is -2.40. The van der Waals surface area contributed by atoms with Crippen molar-refractivity contribution in [2.45, 2.75) is 5.03 Å². The molecule has 2 aromatic carbocycles. The van der Waals surface area contributed by atoms with Gasteiger partial charge in [0.05, 0.1) is 35.7 Å². The summed E-state index contributed by atoms with van der Waals surface area (Å²) in [7, 11) is 3.10. The Bertz CT molecular complexity index is 888. The molecule has 1 N–H and O–H groups in total. The van der Waals surface area contributed by atoms with Gasteiger partial charge in [-0.3, -0.25) is 4.79 Å². The van der Waals surface area contributed by atoms with E-state index in [1.165, 1.54) is 7.11 Å². The number of H-pyrrole nitrogens is 1. The van der Waals surface area contributed by atoms with Crippen LogP contribution >= 0.6 is 12.6 Å². The molecular weight excluding hydrogens is 298 g/mol. The fourth-order valence-corrected chi connectivity index (χ4v) is 2.85. The van der Waals surface area contributed by atoms with E-state index >= 15 is 0 Å². The lowest BCUT2D eigenvalue weighted by atomic mass is 10.0. The fraction of sp³-hybridized carbons (Fsp3) is 0.118. The van der Waals surface area contributed by atoms with Gasteiger partial charge in [0.15, 0.2) is 0 Å². The molecule has 0 fully saturated rings. The van der Waals surface area contributed by atoms with Crippen molar-refractivity contribution in [3.63, 3.8) is 0 Å². The maximum atomic E-state index is 12.9. The van der Waals surface area contributed by atoms with Gasteiger partial charge in [0.25, 0.3) is 0 Å². The van der Waals surface area contributed by atoms with Crippen molar-refractivity contribution in [1.29, 1.82) is 0 Å². The molecule has 112 valence electrons. The van der Waals surface area contributed by atoms with E-state index in [4.69, 9.17) is 9.47 Å². The minimum atomic E-state index is -0.121. The van der Waals surface area contributed by atoms with E-state index in [2.05, 4.69) is 17.6 Å². The summed E-state index contributed by atoms with van der Waals surface area (Å²) in [4.78, 5) is 16.1. The van der Waals surface area contributed by atoms with Gasteiger partial charge in [-0.15, -0.1) is 12.6 Å². The van der Waals surface area contributed by atoms with Crippen molar-refractivity contribution in [2.24, 2.45) is 0 Å². The normalized spacial score (nSPS) is 10.7. The van der Waals surface area contributed by atoms with Crippen LogP contribution in [-0.4, -0.2) is 19.2 Å². The van der Waals surface area contributed by atoms with Gasteiger partial charge in [-0.25, -0.2) is 0 Å². The van der Waals surface area contributed by atoms with Gasteiger partial charge >= 0.3 is 0 Å². The number of methoxy groups -OCH3 is 2. The second kappa shape index (κ2) is 5.77. The molecule has 1 aromatic heterocycles. The van der Waals surface area contributed by atoms with Gasteiger partial charge < -0.3 is 14.5 Å². The highest BCUT2D eigenvalue weighted by molar-refractivity contribution is 7.80. The summed E-state index contributed by atoms with van der Waals surface area (Å²) in [6.45, 7) is 0. The summed E-state index contributed by atoms with van der Waals surface area (Å²) < 4.78 is 10.6. The number of fused-ring (bicyclic) bond motifs is 1. The second-order valence-electron chi connectivity index (χ2n) is 4.80. The van der Waals surface area contributed by atoms with Crippen LogP contribution in [0.3, 0.4) is 0 Å². The molecule has 0 unspecified atom stereocenters. The van der Waals surface area contributed by atoms with Crippen molar-refractivity contribution >= 4 is 23.5 Å². The van der Waals surface area contributed by atoms with Crippen molar-refractivity contribution in [3.8, 4) is 22.6 Å². The lowest BCUT2D eigenvalue weighted by Gasteiger charge is -2.12. The van der Waals surface area contributed by atoms with Crippen LogP contribution in [0.4, 0.5) is 0 Å². The number of rotatable bonds is 3. The largest absolute Gasteiger partial charge is 0.497 e. The molecule has 5 heteroatoms. The number of hydrogen-bond acceptors (Lipinski definition) is 4. The summed E-state index contributed by atoms with van der Waals surface area (Å²) in [6.07, 6.45) is 0. The van der Waals surface area contributed by atoms with E-state index in [0.29, 0.717) is 33.0 Å². The molecule has 1 heterocycles. The first kappa shape index (κ1) is 14.5. The van der Waals surface area contributed by atoms with Crippen molar-refractivity contribution in [2.75, 3.05) is 14.2 Å². The van der Waals surface area contributed by atoms with Gasteiger partial charge in [0, 0.05) is 12.1 Å². The molecule has 3 rings (SSSR count). The third kappa shape index (κ3) is 2.33. The number of pyridine rings is 1. The molecule has 22 heavy (non-hydrogen) atoms. The van der Waals surface area contributed by atoms with E-state index in [1.807, 2.05) is 30.3 Å². The number of nitrogens with one attached hydrogen (secondary N) is 1. The first-order chi connectivity index (χ1) is 10.7. The highest BCUT2D eigenvalue weighted by Gasteiger charge is 2.16. The zero-order valence-corrected chi connectivity index (χ0v) is 13.1. The standard InChI is InChI=1S/C17H15NO3S/c1-20-11-8-12-15(13(9-11)21-2)16(19)14(17(22)18-12)10-6-4-3-5-7-10/h3-9H,1-2H3,(H2,18,19,22). The number of ether oxygens (including phenoxy) is 2. The van der Waals surface area contributed by atoms with Gasteiger partial charge in [-0.2, -0.15) is 0 Å². The van der Waals surface area contributed by atoms with Crippen molar-refractivity contribution in [3.05, 3.63) is 52.7 Å². The van der Waals surface area contributed by atoms with Crippen molar-refractivity contribution < 1.29 is 9.47 Å². The van der Waals surface area contributed by atoms with E-state index < -0.39 is 0 Å². The summed E-state index contributed by atoms with van der Waals surface area (Å²) in [5.41, 5.74) is 1.85. The Kier molecular flexibility index (Phi) is 3.81. The van der Waals surface area contributed by atoms with Gasteiger partial charge in [0.1, 0.15) is 11.5 Å². The Morgan fingerprint density at radius 3 is 2.41 bits per heavy atom. The minimum Gasteiger partial charge on any atom is -0.497 e. The highest BCUT2D eigenvalue weighted by atomic mass is 32.1. The topological polar surface area (TPSA) is 51.3 Å². The summed E-state index contributed by atoms with van der Waals surface area (Å²) >= 11 is 4.44. The maximum absolute atomic E-state index is 12.9. The molecule has 0 aliphatic heterocycles. The second-order valence-corrected chi connectivity index (χ2v) is 5.24. The van der Waals surface area contributed by atoms with Gasteiger partial charge in [-0.1, -0.05) is 30.3 Å². The molecule has 0 saturated carbocycles. The first-order valence-corrected chi connectivity index (χ1v) is 7.17. The zero-order valence-electron chi connectivity index (χ0n) is 12.2. The van der Waals surface area contributed by atoms with E-state index in [-0.39, 0.29) is 5.43 Å². The van der Waals surface area contributed by atoms with Gasteiger partial charge in [-0.05, 0) is 5.56 Å². The van der Waals surface area contributed by atoms with Crippen LogP contribution in [0.15, 0.2) is 52.3 Å². The number of hydrogen-bond donors (Lipinski definition) is 2. The van der Waals surface area contributed by atoms with Crippen LogP contribution < -0.4 is 14.9 Å². The van der Waals surface area contributed by atoms with E-state index in [9.17, 15) is 4.79 Å². The van der Waals surface area contributed by atoms with Crippen LogP contribution in [-0.2, 0) is 0 Å². The molecule has 0 bridgehead atoms.